The van der Waals surface area contributed by atoms with Crippen molar-refractivity contribution in [3.8, 4) is 5.75 Å². The molecule has 1 saturated heterocycles. The maximum atomic E-state index is 13.9. The maximum absolute atomic E-state index is 13.9. The second kappa shape index (κ2) is 10.3. The van der Waals surface area contributed by atoms with Crippen LogP contribution in [0.5, 0.6) is 5.75 Å². The number of rotatable bonds is 5. The summed E-state index contributed by atoms with van der Waals surface area (Å²) < 4.78 is 19.2. The largest absolute Gasteiger partial charge is 0.494 e. The molecule has 1 heterocycles. The summed E-state index contributed by atoms with van der Waals surface area (Å²) in [6, 6.07) is 16.4. The van der Waals surface area contributed by atoms with E-state index in [9.17, 15) is 14.0 Å². The lowest BCUT2D eigenvalue weighted by atomic mass is 10.1. The van der Waals surface area contributed by atoms with Crippen LogP contribution in [-0.4, -0.2) is 50.0 Å². The normalized spacial score (nSPS) is 13.5. The molecule has 9 heteroatoms. The number of nitrogens with one attached hydrogen (secondary N) is 1. The van der Waals surface area contributed by atoms with Crippen LogP contribution in [0.15, 0.2) is 60.7 Å². The Bertz CT molecular complexity index is 1210. The van der Waals surface area contributed by atoms with Crippen molar-refractivity contribution in [2.24, 2.45) is 0 Å². The van der Waals surface area contributed by atoms with Crippen molar-refractivity contribution >= 4 is 46.4 Å². The number of amides is 2. The van der Waals surface area contributed by atoms with Crippen LogP contribution in [0.25, 0.3) is 0 Å². The number of anilines is 2. The molecule has 1 aliphatic heterocycles. The van der Waals surface area contributed by atoms with Crippen LogP contribution in [0.4, 0.5) is 15.8 Å². The van der Waals surface area contributed by atoms with Gasteiger partial charge in [0.1, 0.15) is 11.6 Å². The summed E-state index contributed by atoms with van der Waals surface area (Å²) in [6.07, 6.45) is 0. The Labute approximate surface area is 206 Å². The molecule has 3 aromatic rings. The molecule has 0 atom stereocenters. The van der Waals surface area contributed by atoms with Crippen molar-refractivity contribution in [3.63, 3.8) is 0 Å². The molecule has 0 aromatic heterocycles. The Hall–Kier alpha value is -3.29. The minimum Gasteiger partial charge on any atom is -0.494 e. The third-order valence-corrected chi connectivity index (χ3v) is 6.12. The number of hydrogen-bond acceptors (Lipinski definition) is 4. The molecule has 3 aromatic carbocycles. The lowest BCUT2D eigenvalue weighted by Crippen LogP contribution is -2.49. The first kappa shape index (κ1) is 23.9. The Morgan fingerprint density at radius 1 is 0.941 bits per heavy atom. The van der Waals surface area contributed by atoms with Gasteiger partial charge in [-0.15, -0.1) is 0 Å². The fourth-order valence-electron chi connectivity index (χ4n) is 3.86. The predicted octanol–water partition coefficient (Wildman–Crippen LogP) is 5.36. The smallest absolute Gasteiger partial charge is 0.259 e. The van der Waals surface area contributed by atoms with E-state index in [4.69, 9.17) is 27.9 Å². The number of carbonyl (C=O) groups excluding carboxylic acids is 2. The lowest BCUT2D eigenvalue weighted by Gasteiger charge is -2.36. The summed E-state index contributed by atoms with van der Waals surface area (Å²) >= 11 is 12.2. The molecule has 0 saturated carbocycles. The number of benzene rings is 3. The van der Waals surface area contributed by atoms with Gasteiger partial charge in [0.2, 0.25) is 0 Å². The van der Waals surface area contributed by atoms with Gasteiger partial charge < -0.3 is 19.9 Å². The first-order valence-corrected chi connectivity index (χ1v) is 11.4. The first-order chi connectivity index (χ1) is 16.4. The molecule has 0 bridgehead atoms. The molecule has 2 amide bonds. The molecule has 176 valence electrons. The van der Waals surface area contributed by atoms with Gasteiger partial charge in [-0.2, -0.15) is 0 Å². The highest BCUT2D eigenvalue weighted by molar-refractivity contribution is 6.36. The van der Waals surface area contributed by atoms with Gasteiger partial charge >= 0.3 is 0 Å². The third kappa shape index (κ3) is 5.11. The number of hydrogen-bond donors (Lipinski definition) is 1. The van der Waals surface area contributed by atoms with Crippen molar-refractivity contribution in [2.75, 3.05) is 43.5 Å². The Morgan fingerprint density at radius 2 is 1.62 bits per heavy atom. The van der Waals surface area contributed by atoms with E-state index in [1.54, 1.807) is 29.2 Å². The highest BCUT2D eigenvalue weighted by Gasteiger charge is 2.24. The number of piperazine rings is 1. The van der Waals surface area contributed by atoms with E-state index in [0.29, 0.717) is 36.9 Å². The summed E-state index contributed by atoms with van der Waals surface area (Å²) in [7, 11) is 1.43. The van der Waals surface area contributed by atoms with Crippen LogP contribution < -0.4 is 15.0 Å². The monoisotopic (exact) mass is 501 g/mol. The standard InChI is InChI=1S/C25H22Cl2FN3O3/c1-34-23-20(14-16(26)15-21(23)27)24(32)29-17-6-8-18(9-7-17)30-10-12-31(13-11-30)25(33)19-4-2-3-5-22(19)28/h2-9,14-15H,10-13H2,1H3,(H,29,32). The van der Waals surface area contributed by atoms with E-state index in [1.807, 2.05) is 12.1 Å². The topological polar surface area (TPSA) is 61.9 Å². The van der Waals surface area contributed by atoms with Crippen molar-refractivity contribution < 1.29 is 18.7 Å². The first-order valence-electron chi connectivity index (χ1n) is 10.6. The fourth-order valence-corrected chi connectivity index (χ4v) is 4.43. The quantitative estimate of drug-likeness (QED) is 0.511. The second-order valence-corrected chi connectivity index (χ2v) is 8.57. The maximum Gasteiger partial charge on any atom is 0.259 e. The fraction of sp³-hybridized carbons (Fsp3) is 0.200. The van der Waals surface area contributed by atoms with Gasteiger partial charge in [-0.25, -0.2) is 4.39 Å². The minimum atomic E-state index is -0.509. The van der Waals surface area contributed by atoms with Crippen molar-refractivity contribution in [3.05, 3.63) is 87.7 Å². The van der Waals surface area contributed by atoms with Crippen LogP contribution >= 0.6 is 23.2 Å². The SMILES string of the molecule is COc1c(Cl)cc(Cl)cc1C(=O)Nc1ccc(N2CCN(C(=O)c3ccccc3F)CC2)cc1. The number of halogens is 3. The third-order valence-electron chi connectivity index (χ3n) is 5.62. The van der Waals surface area contributed by atoms with Gasteiger partial charge in [0.05, 0.1) is 23.3 Å². The lowest BCUT2D eigenvalue weighted by molar-refractivity contribution is 0.0742. The molecule has 1 fully saturated rings. The number of methoxy groups -OCH3 is 1. The number of ether oxygens (including phenoxy) is 1. The molecule has 1 aliphatic rings. The van der Waals surface area contributed by atoms with Gasteiger partial charge in [0.15, 0.2) is 0 Å². The highest BCUT2D eigenvalue weighted by Crippen LogP contribution is 2.33. The molecule has 6 nitrogen and oxygen atoms in total. The average molecular weight is 502 g/mol. The number of nitrogens with zero attached hydrogens (tertiary/aromatic N) is 2. The molecule has 4 rings (SSSR count). The molecular formula is C25H22Cl2FN3O3. The van der Waals surface area contributed by atoms with Crippen LogP contribution in [-0.2, 0) is 0 Å². The second-order valence-electron chi connectivity index (χ2n) is 7.73. The summed E-state index contributed by atoms with van der Waals surface area (Å²) in [5.41, 5.74) is 1.88. The van der Waals surface area contributed by atoms with Crippen LogP contribution in [0.1, 0.15) is 20.7 Å². The Morgan fingerprint density at radius 3 is 2.26 bits per heavy atom. The van der Waals surface area contributed by atoms with E-state index in [2.05, 4.69) is 10.2 Å². The van der Waals surface area contributed by atoms with E-state index in [-0.39, 0.29) is 27.8 Å². The van der Waals surface area contributed by atoms with Crippen LogP contribution in [0.2, 0.25) is 10.0 Å². The van der Waals surface area contributed by atoms with Gasteiger partial charge in [-0.1, -0.05) is 35.3 Å². The average Bonchev–Trinajstić information content (AvgIpc) is 2.84. The zero-order valence-electron chi connectivity index (χ0n) is 18.4. The van der Waals surface area contributed by atoms with Crippen molar-refractivity contribution in [1.29, 1.82) is 0 Å². The molecule has 1 N–H and O–H groups in total. The van der Waals surface area contributed by atoms with Gasteiger partial charge in [0.25, 0.3) is 11.8 Å². The van der Waals surface area contributed by atoms with Gasteiger partial charge in [-0.05, 0) is 48.5 Å². The molecule has 0 radical (unpaired) electrons. The van der Waals surface area contributed by atoms with E-state index < -0.39 is 11.7 Å². The van der Waals surface area contributed by atoms with E-state index in [1.165, 1.54) is 31.4 Å². The Balaban J connectivity index is 1.38. The van der Waals surface area contributed by atoms with Gasteiger partial charge in [0, 0.05) is 42.6 Å². The summed E-state index contributed by atoms with van der Waals surface area (Å²) in [4.78, 5) is 29.2. The van der Waals surface area contributed by atoms with Gasteiger partial charge in [-0.3, -0.25) is 9.59 Å². The summed E-state index contributed by atoms with van der Waals surface area (Å²) in [5, 5.41) is 3.41. The minimum absolute atomic E-state index is 0.0914. The zero-order chi connectivity index (χ0) is 24.2. The highest BCUT2D eigenvalue weighted by atomic mass is 35.5. The number of carbonyl (C=O) groups is 2. The van der Waals surface area contributed by atoms with Crippen molar-refractivity contribution in [1.82, 2.24) is 4.90 Å². The van der Waals surface area contributed by atoms with E-state index >= 15 is 0 Å². The molecule has 34 heavy (non-hydrogen) atoms. The van der Waals surface area contributed by atoms with Crippen LogP contribution in [0, 0.1) is 5.82 Å². The molecule has 0 spiro atoms. The van der Waals surface area contributed by atoms with Crippen LogP contribution in [0.3, 0.4) is 0 Å². The molecule has 0 unspecified atom stereocenters. The van der Waals surface area contributed by atoms with E-state index in [0.717, 1.165) is 5.69 Å². The zero-order valence-corrected chi connectivity index (χ0v) is 19.9. The summed E-state index contributed by atoms with van der Waals surface area (Å²) in [6.45, 7) is 2.20. The molecule has 0 aliphatic carbocycles. The van der Waals surface area contributed by atoms with Crippen molar-refractivity contribution in [2.45, 2.75) is 0 Å². The predicted molar refractivity (Wildman–Crippen MR) is 132 cm³/mol. The molecular weight excluding hydrogens is 480 g/mol. The Kier molecular flexibility index (Phi) is 7.24. The summed E-state index contributed by atoms with van der Waals surface area (Å²) in [5.74, 6) is -0.949.